The van der Waals surface area contributed by atoms with Crippen molar-refractivity contribution in [2.75, 3.05) is 12.1 Å². The molecule has 3 rings (SSSR count). The first-order valence-corrected chi connectivity index (χ1v) is 6.46. The van der Waals surface area contributed by atoms with Crippen LogP contribution in [0.5, 0.6) is 0 Å². The molecule has 1 atom stereocenters. The summed E-state index contributed by atoms with van der Waals surface area (Å²) in [5, 5.41) is 3.04. The van der Waals surface area contributed by atoms with Crippen molar-refractivity contribution in [3.8, 4) is 0 Å². The van der Waals surface area contributed by atoms with Crippen LogP contribution in [0.1, 0.15) is 11.7 Å². The average molecular weight is 268 g/mol. The van der Waals surface area contributed by atoms with E-state index in [0.29, 0.717) is 0 Å². The molecular weight excluding hydrogens is 252 g/mol. The lowest BCUT2D eigenvalue weighted by atomic mass is 10.2. The molecule has 2 amide bonds. The molecule has 2 aromatic carbocycles. The van der Waals surface area contributed by atoms with Crippen molar-refractivity contribution < 1.29 is 4.79 Å². The molecule has 1 unspecified atom stereocenters. The maximum Gasteiger partial charge on any atom is 0.353 e. The molecule has 1 fully saturated rings. The zero-order valence-corrected chi connectivity index (χ0v) is 11.2. The number of hydrazine groups is 2. The van der Waals surface area contributed by atoms with E-state index in [-0.39, 0.29) is 12.2 Å². The molecule has 5 heteroatoms. The Balaban J connectivity index is 1.89. The van der Waals surface area contributed by atoms with Gasteiger partial charge in [0.15, 0.2) is 0 Å². The number of anilines is 1. The van der Waals surface area contributed by atoms with Crippen LogP contribution in [0.15, 0.2) is 60.7 Å². The van der Waals surface area contributed by atoms with Crippen molar-refractivity contribution in [2.45, 2.75) is 6.17 Å². The first-order valence-electron chi connectivity index (χ1n) is 6.46. The number of benzene rings is 2. The van der Waals surface area contributed by atoms with E-state index in [9.17, 15) is 4.79 Å². The molecule has 2 aromatic rings. The molecule has 0 aliphatic carbocycles. The normalized spacial score (nSPS) is 19.2. The number of para-hydroxylation sites is 1. The quantitative estimate of drug-likeness (QED) is 0.878. The Labute approximate surface area is 117 Å². The van der Waals surface area contributed by atoms with Gasteiger partial charge in [-0.2, -0.15) is 0 Å². The van der Waals surface area contributed by atoms with Crippen molar-refractivity contribution >= 4 is 11.7 Å². The second kappa shape index (κ2) is 5.32. The van der Waals surface area contributed by atoms with Gasteiger partial charge in [-0.05, 0) is 17.7 Å². The van der Waals surface area contributed by atoms with Crippen molar-refractivity contribution in [3.05, 3.63) is 66.2 Å². The van der Waals surface area contributed by atoms with Crippen LogP contribution in [0, 0.1) is 0 Å². The highest BCUT2D eigenvalue weighted by Gasteiger charge is 2.30. The third-order valence-corrected chi connectivity index (χ3v) is 3.21. The van der Waals surface area contributed by atoms with Crippen LogP contribution in [0.25, 0.3) is 0 Å². The summed E-state index contributed by atoms with van der Waals surface area (Å²) < 4.78 is 0. The molecular formula is C15H16N4O. The van der Waals surface area contributed by atoms with E-state index in [4.69, 9.17) is 0 Å². The predicted molar refractivity (Wildman–Crippen MR) is 77.5 cm³/mol. The fourth-order valence-electron chi connectivity index (χ4n) is 2.17. The molecule has 20 heavy (non-hydrogen) atoms. The van der Waals surface area contributed by atoms with E-state index in [2.05, 4.69) is 10.9 Å². The van der Waals surface area contributed by atoms with E-state index >= 15 is 0 Å². The molecule has 1 saturated heterocycles. The van der Waals surface area contributed by atoms with Gasteiger partial charge in [-0.15, -0.1) is 0 Å². The van der Waals surface area contributed by atoms with Crippen LogP contribution in [-0.2, 0) is 0 Å². The molecule has 5 nitrogen and oxygen atoms in total. The van der Waals surface area contributed by atoms with Gasteiger partial charge in [0, 0.05) is 7.05 Å². The highest BCUT2D eigenvalue weighted by molar-refractivity contribution is 5.91. The summed E-state index contributed by atoms with van der Waals surface area (Å²) in [7, 11) is 1.72. The largest absolute Gasteiger partial charge is 0.353 e. The van der Waals surface area contributed by atoms with Crippen LogP contribution >= 0.6 is 0 Å². The summed E-state index contributed by atoms with van der Waals surface area (Å²) in [6, 6.07) is 19.3. The van der Waals surface area contributed by atoms with E-state index < -0.39 is 0 Å². The van der Waals surface area contributed by atoms with Gasteiger partial charge in [0.05, 0.1) is 5.69 Å². The van der Waals surface area contributed by atoms with Crippen molar-refractivity contribution in [1.82, 2.24) is 15.9 Å². The number of amides is 2. The number of hydrogen-bond donors (Lipinski definition) is 2. The lowest BCUT2D eigenvalue weighted by Crippen LogP contribution is -2.64. The lowest BCUT2D eigenvalue weighted by molar-refractivity contribution is 0.144. The Kier molecular flexibility index (Phi) is 3.37. The molecule has 0 bridgehead atoms. The molecule has 1 aliphatic rings. The minimum Gasteiger partial charge on any atom is -0.259 e. The Morgan fingerprint density at radius 1 is 0.900 bits per heavy atom. The van der Waals surface area contributed by atoms with Crippen molar-refractivity contribution in [3.63, 3.8) is 0 Å². The zero-order chi connectivity index (χ0) is 13.9. The molecule has 0 aromatic heterocycles. The number of carbonyl (C=O) groups is 1. The fourth-order valence-corrected chi connectivity index (χ4v) is 2.17. The van der Waals surface area contributed by atoms with E-state index in [0.717, 1.165) is 11.3 Å². The van der Waals surface area contributed by atoms with Gasteiger partial charge in [0.2, 0.25) is 0 Å². The number of nitrogens with one attached hydrogen (secondary N) is 2. The Bertz CT molecular complexity index is 587. The van der Waals surface area contributed by atoms with Crippen LogP contribution in [0.2, 0.25) is 0 Å². The Morgan fingerprint density at radius 2 is 1.50 bits per heavy atom. The second-order valence-electron chi connectivity index (χ2n) is 4.61. The third kappa shape index (κ3) is 2.36. The smallest absolute Gasteiger partial charge is 0.259 e. The fraction of sp³-hybridized carbons (Fsp3) is 0.133. The topological polar surface area (TPSA) is 47.6 Å². The van der Waals surface area contributed by atoms with E-state index in [1.165, 1.54) is 5.01 Å². The van der Waals surface area contributed by atoms with Gasteiger partial charge < -0.3 is 0 Å². The highest BCUT2D eigenvalue weighted by Crippen LogP contribution is 2.20. The van der Waals surface area contributed by atoms with E-state index in [1.807, 2.05) is 60.7 Å². The monoisotopic (exact) mass is 268 g/mol. The summed E-state index contributed by atoms with van der Waals surface area (Å²) in [4.78, 5) is 12.2. The van der Waals surface area contributed by atoms with Crippen LogP contribution in [0.3, 0.4) is 0 Å². The summed E-state index contributed by atoms with van der Waals surface area (Å²) in [5.74, 6) is 0. The van der Waals surface area contributed by atoms with Crippen LogP contribution in [0.4, 0.5) is 10.5 Å². The van der Waals surface area contributed by atoms with Crippen molar-refractivity contribution in [1.29, 1.82) is 0 Å². The van der Waals surface area contributed by atoms with Gasteiger partial charge in [-0.3, -0.25) is 5.01 Å². The maximum atomic E-state index is 12.2. The van der Waals surface area contributed by atoms with Crippen LogP contribution in [-0.4, -0.2) is 18.1 Å². The Hall–Kier alpha value is -2.37. The lowest BCUT2D eigenvalue weighted by Gasteiger charge is -2.39. The van der Waals surface area contributed by atoms with E-state index in [1.54, 1.807) is 12.1 Å². The molecule has 0 saturated carbocycles. The van der Waals surface area contributed by atoms with Gasteiger partial charge in [-0.25, -0.2) is 20.7 Å². The minimum atomic E-state index is -0.154. The minimum absolute atomic E-state index is 0.150. The second-order valence-corrected chi connectivity index (χ2v) is 4.61. The standard InChI is InChI=1S/C15H16N4O/c1-18-15(20)19(13-10-6-3-7-11-13)17-14(16-18)12-8-4-2-5-9-12/h2-11,14,16-17H,1H3. The molecule has 2 N–H and O–H groups in total. The number of rotatable bonds is 2. The first kappa shape index (κ1) is 12.7. The summed E-state index contributed by atoms with van der Waals surface area (Å²) in [5.41, 5.74) is 8.18. The molecule has 0 radical (unpaired) electrons. The summed E-state index contributed by atoms with van der Waals surface area (Å²) in [6.45, 7) is 0. The number of hydrogen-bond acceptors (Lipinski definition) is 3. The third-order valence-electron chi connectivity index (χ3n) is 3.21. The molecule has 102 valence electrons. The van der Waals surface area contributed by atoms with Crippen LogP contribution < -0.4 is 15.9 Å². The summed E-state index contributed by atoms with van der Waals surface area (Å²) >= 11 is 0. The highest BCUT2D eigenvalue weighted by atomic mass is 16.2. The first-order chi connectivity index (χ1) is 9.75. The van der Waals surface area contributed by atoms with Gasteiger partial charge in [0.25, 0.3) is 0 Å². The molecule has 1 aliphatic heterocycles. The number of nitrogens with zero attached hydrogens (tertiary/aromatic N) is 2. The van der Waals surface area contributed by atoms with Gasteiger partial charge in [-0.1, -0.05) is 48.5 Å². The maximum absolute atomic E-state index is 12.2. The zero-order valence-electron chi connectivity index (χ0n) is 11.2. The predicted octanol–water partition coefficient (Wildman–Crippen LogP) is 2.27. The summed E-state index contributed by atoms with van der Waals surface area (Å²) in [6.07, 6.45) is -0.154. The average Bonchev–Trinajstić information content (AvgIpc) is 2.51. The van der Waals surface area contributed by atoms with Gasteiger partial charge in [0.1, 0.15) is 6.17 Å². The molecule has 0 spiro atoms. The Morgan fingerprint density at radius 3 is 2.15 bits per heavy atom. The SMILES string of the molecule is CN1NC(c2ccccc2)NN(c2ccccc2)C1=O. The number of carbonyl (C=O) groups excluding carboxylic acids is 1. The van der Waals surface area contributed by atoms with Crippen molar-refractivity contribution in [2.24, 2.45) is 0 Å². The molecule has 1 heterocycles. The number of urea groups is 1. The van der Waals surface area contributed by atoms with Gasteiger partial charge >= 0.3 is 6.03 Å².